The number of aryl methyl sites for hydroxylation is 1. The van der Waals surface area contributed by atoms with Crippen LogP contribution in [0.3, 0.4) is 0 Å². The molecule has 0 bridgehead atoms. The summed E-state index contributed by atoms with van der Waals surface area (Å²) in [5, 5.41) is 17.3. The first-order valence-corrected chi connectivity index (χ1v) is 8.52. The number of nitrogens with one attached hydrogen (secondary N) is 2. The third-order valence-electron chi connectivity index (χ3n) is 3.15. The van der Waals surface area contributed by atoms with Crippen LogP contribution in [0.15, 0.2) is 10.6 Å². The van der Waals surface area contributed by atoms with Crippen LogP contribution in [-0.2, 0) is 14.4 Å². The maximum Gasteiger partial charge on any atom is 0.303 e. The lowest BCUT2D eigenvalue weighted by atomic mass is 9.98. The van der Waals surface area contributed by atoms with Crippen LogP contribution in [0.1, 0.15) is 39.4 Å². The van der Waals surface area contributed by atoms with E-state index in [-0.39, 0.29) is 24.0 Å². The number of carboxylic acid groups (broad SMARTS) is 1. The Balaban J connectivity index is 2.37. The number of anilines is 1. The number of carboxylic acids is 1. The normalized spacial score (nSPS) is 12.5. The topological polar surface area (TPSA) is 122 Å². The second-order valence-corrected chi connectivity index (χ2v) is 7.42. The molecule has 0 spiro atoms. The summed E-state index contributed by atoms with van der Waals surface area (Å²) in [5.41, 5.74) is -0.611. The van der Waals surface area contributed by atoms with Crippen molar-refractivity contribution >= 4 is 35.4 Å². The Morgan fingerprint density at radius 3 is 2.62 bits per heavy atom. The molecule has 0 saturated heterocycles. The number of amides is 2. The highest BCUT2D eigenvalue weighted by Crippen LogP contribution is 2.16. The minimum absolute atomic E-state index is 0.0175. The van der Waals surface area contributed by atoms with E-state index >= 15 is 0 Å². The molecule has 0 radical (unpaired) electrons. The molecule has 1 aromatic heterocycles. The molecule has 1 atom stereocenters. The Bertz CT molecular complexity index is 600. The Hall–Kier alpha value is -2.03. The van der Waals surface area contributed by atoms with E-state index in [4.69, 9.17) is 9.63 Å². The highest BCUT2D eigenvalue weighted by Gasteiger charge is 2.23. The molecule has 1 rings (SSSR count). The van der Waals surface area contributed by atoms with E-state index in [2.05, 4.69) is 15.8 Å². The van der Waals surface area contributed by atoms with Gasteiger partial charge in [0.05, 0.1) is 11.0 Å². The largest absolute Gasteiger partial charge is 0.481 e. The summed E-state index contributed by atoms with van der Waals surface area (Å²) in [7, 11) is 0. The molecular formula is C15H23N3O5S. The van der Waals surface area contributed by atoms with Crippen LogP contribution >= 0.6 is 11.8 Å². The molecular weight excluding hydrogens is 334 g/mol. The Morgan fingerprint density at radius 1 is 1.42 bits per heavy atom. The van der Waals surface area contributed by atoms with Crippen LogP contribution in [0.5, 0.6) is 0 Å². The first-order valence-electron chi connectivity index (χ1n) is 7.47. The van der Waals surface area contributed by atoms with E-state index < -0.39 is 16.8 Å². The van der Waals surface area contributed by atoms with Crippen LogP contribution in [-0.4, -0.2) is 44.6 Å². The minimum atomic E-state index is -0.903. The van der Waals surface area contributed by atoms with Crippen molar-refractivity contribution in [2.75, 3.05) is 11.1 Å². The van der Waals surface area contributed by atoms with Gasteiger partial charge in [0.1, 0.15) is 5.76 Å². The van der Waals surface area contributed by atoms with Gasteiger partial charge in [-0.25, -0.2) is 0 Å². The van der Waals surface area contributed by atoms with E-state index in [0.717, 1.165) is 0 Å². The molecule has 1 heterocycles. The van der Waals surface area contributed by atoms with Gasteiger partial charge in [-0.05, 0) is 34.1 Å². The zero-order chi connectivity index (χ0) is 18.3. The average molecular weight is 357 g/mol. The third-order valence-corrected chi connectivity index (χ3v) is 4.30. The number of aromatic nitrogens is 1. The van der Waals surface area contributed by atoms with Crippen LogP contribution in [0.25, 0.3) is 0 Å². The quantitative estimate of drug-likeness (QED) is 0.616. The molecule has 0 aliphatic rings. The zero-order valence-corrected chi connectivity index (χ0v) is 15.0. The number of thioether (sulfide) groups is 1. The standard InChI is InChI=1S/C15H23N3O5S/c1-9-7-11(18-23-9)16-14(22)10(2)24-8-12(19)17-15(3,4)6-5-13(20)21/h7,10H,5-6,8H2,1-4H3,(H,17,19)(H,20,21)(H,16,18,22). The van der Waals surface area contributed by atoms with Crippen molar-refractivity contribution in [1.82, 2.24) is 10.5 Å². The molecule has 8 nitrogen and oxygen atoms in total. The van der Waals surface area contributed by atoms with Gasteiger partial charge in [-0.15, -0.1) is 11.8 Å². The predicted molar refractivity (Wildman–Crippen MR) is 90.9 cm³/mol. The molecule has 3 N–H and O–H groups in total. The Morgan fingerprint density at radius 2 is 2.08 bits per heavy atom. The molecule has 134 valence electrons. The smallest absolute Gasteiger partial charge is 0.303 e. The van der Waals surface area contributed by atoms with Gasteiger partial charge in [0, 0.05) is 18.0 Å². The summed E-state index contributed by atoms with van der Waals surface area (Å²) >= 11 is 1.18. The van der Waals surface area contributed by atoms with Crippen LogP contribution in [0.2, 0.25) is 0 Å². The summed E-state index contributed by atoms with van der Waals surface area (Å²) < 4.78 is 4.86. The Kier molecular flexibility index (Phi) is 7.27. The van der Waals surface area contributed by atoms with Gasteiger partial charge in [0.15, 0.2) is 5.82 Å². The number of hydrogen-bond acceptors (Lipinski definition) is 6. The molecule has 0 fully saturated rings. The fraction of sp³-hybridized carbons (Fsp3) is 0.600. The van der Waals surface area contributed by atoms with Gasteiger partial charge in [0.2, 0.25) is 11.8 Å². The average Bonchev–Trinajstić information content (AvgIpc) is 2.87. The van der Waals surface area contributed by atoms with Crippen molar-refractivity contribution in [3.8, 4) is 0 Å². The molecule has 1 aromatic rings. The molecule has 9 heteroatoms. The molecule has 0 aromatic carbocycles. The summed E-state index contributed by atoms with van der Waals surface area (Å²) in [6.07, 6.45) is 0.316. The molecule has 24 heavy (non-hydrogen) atoms. The highest BCUT2D eigenvalue weighted by atomic mass is 32.2. The van der Waals surface area contributed by atoms with Gasteiger partial charge in [0.25, 0.3) is 0 Å². The second-order valence-electron chi connectivity index (χ2n) is 6.09. The van der Waals surface area contributed by atoms with Gasteiger partial charge >= 0.3 is 5.97 Å². The van der Waals surface area contributed by atoms with Crippen molar-refractivity contribution in [3.05, 3.63) is 11.8 Å². The minimum Gasteiger partial charge on any atom is -0.481 e. The first-order chi connectivity index (χ1) is 11.1. The molecule has 0 saturated carbocycles. The third kappa shape index (κ3) is 7.49. The number of rotatable bonds is 9. The number of carbonyl (C=O) groups is 3. The summed E-state index contributed by atoms with van der Waals surface area (Å²) in [6, 6.07) is 1.60. The van der Waals surface area contributed by atoms with Crippen molar-refractivity contribution in [2.24, 2.45) is 0 Å². The van der Waals surface area contributed by atoms with E-state index in [1.165, 1.54) is 11.8 Å². The van der Waals surface area contributed by atoms with Gasteiger partial charge in [-0.2, -0.15) is 0 Å². The van der Waals surface area contributed by atoms with E-state index in [9.17, 15) is 14.4 Å². The van der Waals surface area contributed by atoms with Crippen LogP contribution in [0, 0.1) is 6.92 Å². The van der Waals surface area contributed by atoms with E-state index in [1.807, 2.05) is 0 Å². The molecule has 1 unspecified atom stereocenters. The maximum atomic E-state index is 12.0. The predicted octanol–water partition coefficient (Wildman–Crippen LogP) is 1.80. The maximum absolute atomic E-state index is 12.0. The fourth-order valence-corrected chi connectivity index (χ4v) is 2.51. The Labute approximate surface area is 144 Å². The van der Waals surface area contributed by atoms with Crippen molar-refractivity contribution in [3.63, 3.8) is 0 Å². The number of carbonyl (C=O) groups excluding carboxylic acids is 2. The SMILES string of the molecule is Cc1cc(NC(=O)C(C)SCC(=O)NC(C)(C)CCC(=O)O)no1. The molecule has 0 aliphatic carbocycles. The number of aliphatic carboxylic acids is 1. The number of nitrogens with zero attached hydrogens (tertiary/aromatic N) is 1. The van der Waals surface area contributed by atoms with Crippen LogP contribution < -0.4 is 10.6 Å². The van der Waals surface area contributed by atoms with Crippen molar-refractivity contribution in [2.45, 2.75) is 51.3 Å². The highest BCUT2D eigenvalue weighted by molar-refractivity contribution is 8.01. The lowest BCUT2D eigenvalue weighted by Crippen LogP contribution is -2.44. The second kappa shape index (κ2) is 8.72. The summed E-state index contributed by atoms with van der Waals surface area (Å²) in [6.45, 7) is 6.94. The van der Waals surface area contributed by atoms with Gasteiger partial charge in [-0.3, -0.25) is 14.4 Å². The van der Waals surface area contributed by atoms with Crippen LogP contribution in [0.4, 0.5) is 5.82 Å². The van der Waals surface area contributed by atoms with Gasteiger partial charge in [-0.1, -0.05) is 5.16 Å². The summed E-state index contributed by atoms with van der Waals surface area (Å²) in [4.78, 5) is 34.5. The van der Waals surface area contributed by atoms with Crippen molar-refractivity contribution in [1.29, 1.82) is 0 Å². The molecule has 0 aliphatic heterocycles. The zero-order valence-electron chi connectivity index (χ0n) is 14.2. The van der Waals surface area contributed by atoms with E-state index in [1.54, 1.807) is 33.8 Å². The first kappa shape index (κ1) is 20.0. The monoisotopic (exact) mass is 357 g/mol. The van der Waals surface area contributed by atoms with Gasteiger partial charge < -0.3 is 20.3 Å². The van der Waals surface area contributed by atoms with Crippen molar-refractivity contribution < 1.29 is 24.0 Å². The fourth-order valence-electron chi connectivity index (χ4n) is 1.82. The lowest BCUT2D eigenvalue weighted by molar-refractivity contribution is -0.137. The summed E-state index contributed by atoms with van der Waals surface area (Å²) in [5.74, 6) is -0.389. The lowest BCUT2D eigenvalue weighted by Gasteiger charge is -2.25. The van der Waals surface area contributed by atoms with E-state index in [0.29, 0.717) is 18.0 Å². The molecule has 2 amide bonds. The number of hydrogen-bond donors (Lipinski definition) is 3.